The number of carbonyl (C=O) groups excluding carboxylic acids is 2. The minimum absolute atomic E-state index is 0.0226. The highest BCUT2D eigenvalue weighted by Gasteiger charge is 2.26. The second-order valence-electron chi connectivity index (χ2n) is 7.97. The van der Waals surface area contributed by atoms with E-state index in [9.17, 15) is 18.4 Å². The number of carbonyl (C=O) groups is 2. The van der Waals surface area contributed by atoms with E-state index in [4.69, 9.17) is 0 Å². The molecule has 2 heterocycles. The Balaban J connectivity index is 1.32. The number of piperidine rings is 1. The number of nitrogens with zero attached hydrogens (tertiary/aromatic N) is 2. The van der Waals surface area contributed by atoms with Crippen LogP contribution in [-0.2, 0) is 11.2 Å². The summed E-state index contributed by atoms with van der Waals surface area (Å²) in [6, 6.07) is 10.6. The van der Waals surface area contributed by atoms with Crippen LogP contribution in [0.5, 0.6) is 0 Å². The topological polar surface area (TPSA) is 62.3 Å². The molecule has 0 bridgehead atoms. The van der Waals surface area contributed by atoms with Crippen LogP contribution in [0.25, 0.3) is 0 Å². The highest BCUT2D eigenvalue weighted by Crippen LogP contribution is 2.31. The van der Waals surface area contributed by atoms with Crippen molar-refractivity contribution in [1.29, 1.82) is 0 Å². The Labute approximate surface area is 189 Å². The van der Waals surface area contributed by atoms with Gasteiger partial charge in [-0.15, -0.1) is 11.3 Å². The van der Waals surface area contributed by atoms with Gasteiger partial charge in [-0.2, -0.15) is 0 Å². The summed E-state index contributed by atoms with van der Waals surface area (Å²) in [7, 11) is 0. The molecule has 166 valence electrons. The molecule has 4 rings (SSSR count). The lowest BCUT2D eigenvalue weighted by atomic mass is 9.97. The molecule has 1 aliphatic heterocycles. The molecule has 1 aromatic heterocycles. The number of hydrogen-bond donors (Lipinski definition) is 1. The highest BCUT2D eigenvalue weighted by atomic mass is 32.1. The first-order valence-corrected chi connectivity index (χ1v) is 11.3. The molecular formula is C24H23F2N3O2S. The second-order valence-corrected chi connectivity index (χ2v) is 8.86. The molecule has 1 fully saturated rings. The largest absolute Gasteiger partial charge is 0.342 e. The van der Waals surface area contributed by atoms with Crippen molar-refractivity contribution in [2.45, 2.75) is 32.1 Å². The third-order valence-corrected chi connectivity index (χ3v) is 6.60. The maximum Gasteiger partial charge on any atom is 0.275 e. The van der Waals surface area contributed by atoms with Gasteiger partial charge in [0.2, 0.25) is 5.91 Å². The van der Waals surface area contributed by atoms with Gasteiger partial charge in [0.05, 0.1) is 17.1 Å². The summed E-state index contributed by atoms with van der Waals surface area (Å²) in [5.74, 6) is -1.04. The van der Waals surface area contributed by atoms with Crippen LogP contribution in [0.2, 0.25) is 0 Å². The summed E-state index contributed by atoms with van der Waals surface area (Å²) < 4.78 is 27.0. The van der Waals surface area contributed by atoms with Crippen LogP contribution in [0, 0.1) is 18.6 Å². The van der Waals surface area contributed by atoms with E-state index in [0.717, 1.165) is 29.0 Å². The fraction of sp³-hybridized carbons (Fsp3) is 0.292. The smallest absolute Gasteiger partial charge is 0.275 e. The summed E-state index contributed by atoms with van der Waals surface area (Å²) >= 11 is 1.41. The van der Waals surface area contributed by atoms with Gasteiger partial charge in [-0.3, -0.25) is 9.59 Å². The molecule has 0 aliphatic carbocycles. The molecule has 0 saturated carbocycles. The molecule has 3 aromatic rings. The number of aromatic nitrogens is 1. The summed E-state index contributed by atoms with van der Waals surface area (Å²) in [6.45, 7) is 3.00. The molecule has 2 aromatic carbocycles. The van der Waals surface area contributed by atoms with Crippen LogP contribution in [0.3, 0.4) is 0 Å². The van der Waals surface area contributed by atoms with Gasteiger partial charge in [-0.1, -0.05) is 18.2 Å². The third-order valence-electron chi connectivity index (χ3n) is 5.59. The van der Waals surface area contributed by atoms with Gasteiger partial charge >= 0.3 is 0 Å². The van der Waals surface area contributed by atoms with E-state index in [1.54, 1.807) is 30.5 Å². The van der Waals surface area contributed by atoms with E-state index in [2.05, 4.69) is 10.3 Å². The van der Waals surface area contributed by atoms with E-state index in [1.165, 1.54) is 35.6 Å². The Morgan fingerprint density at radius 3 is 2.53 bits per heavy atom. The van der Waals surface area contributed by atoms with Crippen LogP contribution >= 0.6 is 11.3 Å². The lowest BCUT2D eigenvalue weighted by Gasteiger charge is -2.31. The second kappa shape index (κ2) is 9.56. The fourth-order valence-corrected chi connectivity index (χ4v) is 4.72. The highest BCUT2D eigenvalue weighted by molar-refractivity contribution is 7.10. The Hall–Kier alpha value is -3.13. The molecule has 8 heteroatoms. The molecule has 32 heavy (non-hydrogen) atoms. The number of rotatable bonds is 5. The van der Waals surface area contributed by atoms with Gasteiger partial charge in [0.25, 0.3) is 5.91 Å². The molecule has 0 radical (unpaired) electrons. The lowest BCUT2D eigenvalue weighted by Crippen LogP contribution is -2.38. The summed E-state index contributed by atoms with van der Waals surface area (Å²) in [4.78, 5) is 31.3. The Morgan fingerprint density at radius 2 is 1.84 bits per heavy atom. The molecular weight excluding hydrogens is 432 g/mol. The molecule has 1 aliphatic rings. The molecule has 0 unspecified atom stereocenters. The van der Waals surface area contributed by atoms with E-state index in [0.29, 0.717) is 13.1 Å². The Morgan fingerprint density at radius 1 is 1.12 bits per heavy atom. The van der Waals surface area contributed by atoms with E-state index < -0.39 is 11.7 Å². The van der Waals surface area contributed by atoms with Crippen molar-refractivity contribution in [2.75, 3.05) is 18.4 Å². The van der Waals surface area contributed by atoms with Crippen molar-refractivity contribution in [1.82, 2.24) is 9.88 Å². The normalized spacial score (nSPS) is 14.4. The van der Waals surface area contributed by atoms with Crippen molar-refractivity contribution in [2.24, 2.45) is 0 Å². The molecule has 1 saturated heterocycles. The maximum absolute atomic E-state index is 14.0. The quantitative estimate of drug-likeness (QED) is 0.593. The number of likely N-dealkylation sites (tertiary alicyclic amines) is 1. The number of benzene rings is 2. The molecule has 5 nitrogen and oxygen atoms in total. The zero-order valence-electron chi connectivity index (χ0n) is 17.6. The fourth-order valence-electron chi connectivity index (χ4n) is 3.75. The number of aryl methyl sites for hydroxylation is 1. The number of halogens is 2. The monoisotopic (exact) mass is 455 g/mol. The number of thiazole rings is 1. The number of amides is 2. The number of hydrogen-bond acceptors (Lipinski definition) is 4. The zero-order valence-corrected chi connectivity index (χ0v) is 18.4. The van der Waals surface area contributed by atoms with Crippen molar-refractivity contribution < 1.29 is 18.4 Å². The average molecular weight is 456 g/mol. The van der Waals surface area contributed by atoms with Crippen molar-refractivity contribution in [3.8, 4) is 0 Å². The minimum Gasteiger partial charge on any atom is -0.342 e. The first-order chi connectivity index (χ1) is 15.4. The first-order valence-electron chi connectivity index (χ1n) is 10.4. The van der Waals surface area contributed by atoms with Crippen LogP contribution in [0.1, 0.15) is 45.4 Å². The predicted octanol–water partition coefficient (Wildman–Crippen LogP) is 4.93. The minimum atomic E-state index is -0.480. The van der Waals surface area contributed by atoms with Crippen molar-refractivity contribution in [3.63, 3.8) is 0 Å². The van der Waals surface area contributed by atoms with Gasteiger partial charge in [0.1, 0.15) is 17.3 Å². The van der Waals surface area contributed by atoms with Gasteiger partial charge < -0.3 is 10.2 Å². The predicted molar refractivity (Wildman–Crippen MR) is 120 cm³/mol. The van der Waals surface area contributed by atoms with Crippen LogP contribution in [0.4, 0.5) is 14.5 Å². The van der Waals surface area contributed by atoms with Crippen LogP contribution < -0.4 is 5.32 Å². The lowest BCUT2D eigenvalue weighted by molar-refractivity contribution is -0.131. The SMILES string of the molecule is Cc1ccc(NC(=O)c2csc(C3CCN(C(=O)Cc4ccc(F)cc4)CC3)n2)c(F)c1. The molecule has 0 spiro atoms. The van der Waals surface area contributed by atoms with E-state index in [-0.39, 0.29) is 35.4 Å². The standard InChI is InChI=1S/C24H23F2N3O2S/c1-15-2-7-20(19(26)12-15)27-23(31)21-14-32-24(28-21)17-8-10-29(11-9-17)22(30)13-16-3-5-18(25)6-4-16/h2-7,12,14,17H,8-11,13H2,1H3,(H,27,31). The average Bonchev–Trinajstić information content (AvgIpc) is 3.28. The van der Waals surface area contributed by atoms with E-state index >= 15 is 0 Å². The van der Waals surface area contributed by atoms with Crippen molar-refractivity contribution >= 4 is 28.8 Å². The Kier molecular flexibility index (Phi) is 6.60. The van der Waals surface area contributed by atoms with Gasteiger partial charge in [0, 0.05) is 24.4 Å². The van der Waals surface area contributed by atoms with Gasteiger partial charge in [-0.05, 0) is 55.2 Å². The van der Waals surface area contributed by atoms with Gasteiger partial charge in [0.15, 0.2) is 0 Å². The Bertz CT molecular complexity index is 1120. The van der Waals surface area contributed by atoms with E-state index in [1.807, 2.05) is 4.90 Å². The first kappa shape index (κ1) is 22.1. The molecule has 0 atom stereocenters. The third kappa shape index (κ3) is 5.19. The van der Waals surface area contributed by atoms with Gasteiger partial charge in [-0.25, -0.2) is 13.8 Å². The van der Waals surface area contributed by atoms with Crippen LogP contribution in [0.15, 0.2) is 47.8 Å². The van der Waals surface area contributed by atoms with Crippen molar-refractivity contribution in [3.05, 3.63) is 81.3 Å². The maximum atomic E-state index is 14.0. The molecule has 1 N–H and O–H groups in total. The van der Waals surface area contributed by atoms with Crippen LogP contribution in [-0.4, -0.2) is 34.8 Å². The number of anilines is 1. The zero-order chi connectivity index (χ0) is 22.7. The summed E-state index contributed by atoms with van der Waals surface area (Å²) in [6.07, 6.45) is 1.77. The summed E-state index contributed by atoms with van der Waals surface area (Å²) in [5.41, 5.74) is 1.96. The summed E-state index contributed by atoms with van der Waals surface area (Å²) in [5, 5.41) is 5.11. The number of nitrogens with one attached hydrogen (secondary N) is 1. The molecule has 2 amide bonds.